The van der Waals surface area contributed by atoms with Gasteiger partial charge in [-0.05, 0) is 106 Å². The van der Waals surface area contributed by atoms with E-state index < -0.39 is 0 Å². The number of furan rings is 1. The third kappa shape index (κ3) is 3.62. The fourth-order valence-electron chi connectivity index (χ4n) is 9.15. The van der Waals surface area contributed by atoms with Gasteiger partial charge in [-0.1, -0.05) is 147 Å². The number of fused-ring (bicyclic) bond motifs is 12. The molecule has 11 rings (SSSR count). The lowest BCUT2D eigenvalue weighted by molar-refractivity contribution is 0.661. The molecule has 0 spiro atoms. The zero-order chi connectivity index (χ0) is 33.1. The first kappa shape index (κ1) is 27.7. The summed E-state index contributed by atoms with van der Waals surface area (Å²) in [5, 5.41) is 12.3. The van der Waals surface area contributed by atoms with E-state index in [1.54, 1.807) is 0 Å². The highest BCUT2D eigenvalue weighted by atomic mass is 16.3. The van der Waals surface area contributed by atoms with Crippen LogP contribution in [-0.4, -0.2) is 0 Å². The van der Waals surface area contributed by atoms with Gasteiger partial charge in [0.2, 0.25) is 0 Å². The van der Waals surface area contributed by atoms with Gasteiger partial charge >= 0.3 is 0 Å². The molecule has 0 fully saturated rings. The van der Waals surface area contributed by atoms with Crippen LogP contribution < -0.4 is 0 Å². The third-order valence-electron chi connectivity index (χ3n) is 11.4. The first-order valence-electron chi connectivity index (χ1n) is 17.5. The maximum atomic E-state index is 6.68. The van der Waals surface area contributed by atoms with Gasteiger partial charge in [0, 0.05) is 21.6 Å². The van der Waals surface area contributed by atoms with Crippen LogP contribution in [0.5, 0.6) is 0 Å². The monoisotopic (exact) mass is 636 g/mol. The molecule has 234 valence electrons. The molecular weight excluding hydrogens is 605 g/mol. The summed E-state index contributed by atoms with van der Waals surface area (Å²) in [6.07, 6.45) is 0. The van der Waals surface area contributed by atoms with Gasteiger partial charge in [-0.2, -0.15) is 0 Å². The average molecular weight is 637 g/mol. The minimum atomic E-state index is -0.108. The predicted molar refractivity (Wildman–Crippen MR) is 212 cm³/mol. The quantitative estimate of drug-likeness (QED) is 0.172. The summed E-state index contributed by atoms with van der Waals surface area (Å²) in [6.45, 7) is 4.76. The molecule has 1 aromatic heterocycles. The van der Waals surface area contributed by atoms with Crippen molar-refractivity contribution in [2.24, 2.45) is 0 Å². The summed E-state index contributed by atoms with van der Waals surface area (Å²) < 4.78 is 6.68. The summed E-state index contributed by atoms with van der Waals surface area (Å²) in [4.78, 5) is 0. The lowest BCUT2D eigenvalue weighted by atomic mass is 9.79. The number of rotatable bonds is 2. The molecule has 0 aliphatic heterocycles. The van der Waals surface area contributed by atoms with Crippen LogP contribution in [0.25, 0.3) is 98.4 Å². The zero-order valence-electron chi connectivity index (χ0n) is 27.9. The van der Waals surface area contributed by atoms with Crippen molar-refractivity contribution >= 4 is 65.0 Å². The van der Waals surface area contributed by atoms with E-state index >= 15 is 0 Å². The second kappa shape index (κ2) is 9.94. The summed E-state index contributed by atoms with van der Waals surface area (Å²) in [5.41, 5.74) is 12.3. The van der Waals surface area contributed by atoms with E-state index in [1.165, 1.54) is 76.6 Å². The molecule has 0 radical (unpaired) electrons. The van der Waals surface area contributed by atoms with Gasteiger partial charge in [0.15, 0.2) is 0 Å². The Labute approximate surface area is 290 Å². The fourth-order valence-corrected chi connectivity index (χ4v) is 9.15. The maximum Gasteiger partial charge on any atom is 0.143 e. The van der Waals surface area contributed by atoms with Gasteiger partial charge in [-0.25, -0.2) is 0 Å². The Hall–Kier alpha value is -6.18. The van der Waals surface area contributed by atoms with Gasteiger partial charge in [-0.15, -0.1) is 0 Å². The molecule has 0 unspecified atom stereocenters. The molecule has 0 N–H and O–H groups in total. The minimum absolute atomic E-state index is 0.108. The van der Waals surface area contributed by atoms with Crippen molar-refractivity contribution in [2.75, 3.05) is 0 Å². The fraction of sp³-hybridized carbons (Fsp3) is 0.0612. The van der Waals surface area contributed by atoms with Crippen molar-refractivity contribution in [2.45, 2.75) is 19.3 Å². The molecule has 0 atom stereocenters. The SMILES string of the molecule is CC1(C)c2ccccc2-c2c1cc(-c1c3ccccc3c(-c3ccc4c(c3)oc3c5ccccc5ccc43)c3ccccc13)c1ccccc21. The third-order valence-corrected chi connectivity index (χ3v) is 11.4. The van der Waals surface area contributed by atoms with Crippen LogP contribution in [0, 0.1) is 0 Å². The second-order valence-corrected chi connectivity index (χ2v) is 14.4. The van der Waals surface area contributed by atoms with Crippen molar-refractivity contribution in [1.29, 1.82) is 0 Å². The van der Waals surface area contributed by atoms with E-state index in [0.717, 1.165) is 32.9 Å². The Bertz CT molecular complexity index is 3010. The van der Waals surface area contributed by atoms with Crippen LogP contribution in [-0.2, 0) is 5.41 Å². The van der Waals surface area contributed by atoms with Crippen LogP contribution in [0.1, 0.15) is 25.0 Å². The lowest BCUT2D eigenvalue weighted by Crippen LogP contribution is -2.15. The smallest absolute Gasteiger partial charge is 0.143 e. The van der Waals surface area contributed by atoms with E-state index in [-0.39, 0.29) is 5.41 Å². The van der Waals surface area contributed by atoms with Crippen LogP contribution in [0.4, 0.5) is 0 Å². The summed E-state index contributed by atoms with van der Waals surface area (Å²) in [5.74, 6) is 0. The summed E-state index contributed by atoms with van der Waals surface area (Å²) >= 11 is 0. The van der Waals surface area contributed by atoms with Gasteiger partial charge in [0.05, 0.1) is 0 Å². The standard InChI is InChI=1S/C49H32O/c1-49(2)42-22-12-11-21-40(42)47-34-16-6-5-15-32(34)41(28-43(47)49)46-37-19-9-7-17-35(37)45(36-18-8-10-20-38(36)46)30-24-25-33-39-26-23-29-13-3-4-14-31(29)48(39)50-44(33)27-30/h3-28H,1-2H3. The topological polar surface area (TPSA) is 13.1 Å². The maximum absolute atomic E-state index is 6.68. The number of hydrogen-bond donors (Lipinski definition) is 0. The van der Waals surface area contributed by atoms with Gasteiger partial charge in [0.1, 0.15) is 11.2 Å². The van der Waals surface area contributed by atoms with Gasteiger partial charge < -0.3 is 4.42 Å². The molecule has 1 aliphatic rings. The number of benzene rings is 9. The molecule has 0 saturated heterocycles. The molecule has 50 heavy (non-hydrogen) atoms. The Morgan fingerprint density at radius 2 is 0.940 bits per heavy atom. The lowest BCUT2D eigenvalue weighted by Gasteiger charge is -2.24. The zero-order valence-corrected chi connectivity index (χ0v) is 27.9. The minimum Gasteiger partial charge on any atom is -0.455 e. The molecule has 9 aromatic carbocycles. The van der Waals surface area contributed by atoms with Crippen molar-refractivity contribution < 1.29 is 4.42 Å². The largest absolute Gasteiger partial charge is 0.455 e. The molecule has 1 heteroatoms. The molecule has 1 heterocycles. The first-order valence-corrected chi connectivity index (χ1v) is 17.5. The molecule has 0 bridgehead atoms. The average Bonchev–Trinajstić information content (AvgIpc) is 3.65. The predicted octanol–water partition coefficient (Wildman–Crippen LogP) is 13.8. The molecule has 10 aromatic rings. The van der Waals surface area contributed by atoms with Crippen molar-refractivity contribution in [1.82, 2.24) is 0 Å². The molecule has 0 amide bonds. The summed E-state index contributed by atoms with van der Waals surface area (Å²) in [6, 6.07) is 58.1. The van der Waals surface area contributed by atoms with Crippen molar-refractivity contribution in [3.05, 3.63) is 169 Å². The van der Waals surface area contributed by atoms with E-state index in [9.17, 15) is 0 Å². The van der Waals surface area contributed by atoms with Crippen LogP contribution in [0.15, 0.2) is 162 Å². The van der Waals surface area contributed by atoms with Gasteiger partial charge in [-0.3, -0.25) is 0 Å². The van der Waals surface area contributed by atoms with E-state index in [1.807, 2.05) is 0 Å². The van der Waals surface area contributed by atoms with Crippen molar-refractivity contribution in [3.8, 4) is 33.4 Å². The Morgan fingerprint density at radius 1 is 0.380 bits per heavy atom. The molecule has 1 aliphatic carbocycles. The van der Waals surface area contributed by atoms with Gasteiger partial charge in [0.25, 0.3) is 0 Å². The molecule has 0 saturated carbocycles. The summed E-state index contributed by atoms with van der Waals surface area (Å²) in [7, 11) is 0. The second-order valence-electron chi connectivity index (χ2n) is 14.4. The molecular formula is C49H32O. The normalized spacial score (nSPS) is 13.6. The van der Waals surface area contributed by atoms with E-state index in [0.29, 0.717) is 0 Å². The van der Waals surface area contributed by atoms with Crippen LogP contribution >= 0.6 is 0 Å². The highest BCUT2D eigenvalue weighted by molar-refractivity contribution is 6.25. The highest BCUT2D eigenvalue weighted by Crippen LogP contribution is 2.54. The van der Waals surface area contributed by atoms with Crippen molar-refractivity contribution in [3.63, 3.8) is 0 Å². The van der Waals surface area contributed by atoms with Crippen LogP contribution in [0.2, 0.25) is 0 Å². The first-order chi connectivity index (χ1) is 24.6. The van der Waals surface area contributed by atoms with E-state index in [4.69, 9.17) is 4.42 Å². The van der Waals surface area contributed by atoms with E-state index in [2.05, 4.69) is 172 Å². The Morgan fingerprint density at radius 3 is 1.66 bits per heavy atom. The highest BCUT2D eigenvalue weighted by Gasteiger charge is 2.37. The Kier molecular flexibility index (Phi) is 5.51. The number of hydrogen-bond acceptors (Lipinski definition) is 1. The van der Waals surface area contributed by atoms with Crippen LogP contribution in [0.3, 0.4) is 0 Å². The Balaban J connectivity index is 1.22. The molecule has 1 nitrogen and oxygen atoms in total.